The van der Waals surface area contributed by atoms with E-state index in [9.17, 15) is 24.3 Å². The van der Waals surface area contributed by atoms with E-state index < -0.39 is 41.8 Å². The van der Waals surface area contributed by atoms with Crippen LogP contribution >= 0.6 is 0 Å². The third-order valence-electron chi connectivity index (χ3n) is 5.80. The molecule has 11 heteroatoms. The number of aromatic amines is 1. The zero-order valence-electron chi connectivity index (χ0n) is 20.9. The van der Waals surface area contributed by atoms with E-state index in [1.54, 1.807) is 6.20 Å². The summed E-state index contributed by atoms with van der Waals surface area (Å²) in [7, 11) is 0. The van der Waals surface area contributed by atoms with Crippen molar-refractivity contribution in [1.29, 1.82) is 0 Å². The standard InChI is InChI=1S/C25H38N6O5/c1-15(2)11-21(25(35)36)31-24(34)20(12-16-13-28-19-9-4-3-7-17(16)19)30-22(32)14-29-23(33)18(27)8-5-6-10-26/h3-4,7,9,13,15,18,20-21,28H,5-6,8,10-12,14,26-27H2,1-2H3,(H,29,33)(H,30,32)(H,31,34)(H,35,36). The van der Waals surface area contributed by atoms with Crippen molar-refractivity contribution in [2.24, 2.45) is 17.4 Å². The summed E-state index contributed by atoms with van der Waals surface area (Å²) in [6, 6.07) is 4.61. The Bertz CT molecular complexity index is 1040. The molecule has 0 spiro atoms. The van der Waals surface area contributed by atoms with Crippen molar-refractivity contribution in [1.82, 2.24) is 20.9 Å². The zero-order valence-corrected chi connectivity index (χ0v) is 20.9. The number of H-pyrrole nitrogens is 1. The molecule has 1 aromatic carbocycles. The highest BCUT2D eigenvalue weighted by molar-refractivity contribution is 5.93. The van der Waals surface area contributed by atoms with E-state index in [4.69, 9.17) is 11.5 Å². The first-order valence-corrected chi connectivity index (χ1v) is 12.2. The van der Waals surface area contributed by atoms with Gasteiger partial charge in [-0.3, -0.25) is 14.4 Å². The number of nitrogens with two attached hydrogens (primary N) is 2. The van der Waals surface area contributed by atoms with Gasteiger partial charge in [-0.2, -0.15) is 0 Å². The molecule has 3 unspecified atom stereocenters. The third-order valence-corrected chi connectivity index (χ3v) is 5.80. The quantitative estimate of drug-likeness (QED) is 0.171. The molecule has 3 amide bonds. The van der Waals surface area contributed by atoms with Crippen molar-refractivity contribution in [2.75, 3.05) is 13.1 Å². The lowest BCUT2D eigenvalue weighted by Gasteiger charge is -2.22. The molecule has 2 rings (SSSR count). The minimum absolute atomic E-state index is 0.0392. The van der Waals surface area contributed by atoms with Gasteiger partial charge in [0.15, 0.2) is 0 Å². The van der Waals surface area contributed by atoms with Gasteiger partial charge < -0.3 is 37.5 Å². The number of rotatable bonds is 15. The van der Waals surface area contributed by atoms with E-state index in [-0.39, 0.29) is 25.3 Å². The number of hydrogen-bond acceptors (Lipinski definition) is 6. The number of aliphatic carboxylic acids is 1. The highest BCUT2D eigenvalue weighted by atomic mass is 16.4. The summed E-state index contributed by atoms with van der Waals surface area (Å²) >= 11 is 0. The maximum atomic E-state index is 13.1. The Labute approximate surface area is 210 Å². The van der Waals surface area contributed by atoms with E-state index in [0.717, 1.165) is 22.9 Å². The number of carbonyl (C=O) groups is 4. The van der Waals surface area contributed by atoms with Crippen LogP contribution in [0.2, 0.25) is 0 Å². The number of amides is 3. The van der Waals surface area contributed by atoms with Gasteiger partial charge in [-0.15, -0.1) is 0 Å². The van der Waals surface area contributed by atoms with Crippen LogP contribution in [-0.2, 0) is 25.6 Å². The number of benzene rings is 1. The van der Waals surface area contributed by atoms with Crippen LogP contribution < -0.4 is 27.4 Å². The normalized spacial score (nSPS) is 13.7. The van der Waals surface area contributed by atoms with E-state index in [1.165, 1.54) is 0 Å². The molecule has 198 valence electrons. The number of aromatic nitrogens is 1. The lowest BCUT2D eigenvalue weighted by atomic mass is 10.0. The molecule has 2 aromatic rings. The van der Waals surface area contributed by atoms with Crippen LogP contribution in [0.25, 0.3) is 10.9 Å². The molecule has 1 aromatic heterocycles. The summed E-state index contributed by atoms with van der Waals surface area (Å²) in [5.41, 5.74) is 13.0. The van der Waals surface area contributed by atoms with Gasteiger partial charge in [0, 0.05) is 23.5 Å². The first-order chi connectivity index (χ1) is 17.1. The lowest BCUT2D eigenvalue weighted by Crippen LogP contribution is -2.54. The molecule has 3 atom stereocenters. The van der Waals surface area contributed by atoms with Gasteiger partial charge in [-0.05, 0) is 43.4 Å². The number of carboxylic acids is 1. The minimum Gasteiger partial charge on any atom is -0.480 e. The third kappa shape index (κ3) is 8.97. The molecule has 0 radical (unpaired) electrons. The smallest absolute Gasteiger partial charge is 0.326 e. The fourth-order valence-corrected chi connectivity index (χ4v) is 3.88. The Kier molecular flexibility index (Phi) is 11.4. The Morgan fingerprint density at radius 3 is 2.42 bits per heavy atom. The minimum atomic E-state index is -1.15. The average molecular weight is 503 g/mol. The molecule has 1 heterocycles. The zero-order chi connectivity index (χ0) is 26.7. The predicted molar refractivity (Wildman–Crippen MR) is 137 cm³/mol. The molecule has 0 aliphatic rings. The Morgan fingerprint density at radius 2 is 1.75 bits per heavy atom. The topological polar surface area (TPSA) is 192 Å². The van der Waals surface area contributed by atoms with Crippen molar-refractivity contribution >= 4 is 34.6 Å². The molecule has 0 bridgehead atoms. The van der Waals surface area contributed by atoms with Crippen molar-refractivity contribution in [3.63, 3.8) is 0 Å². The number of fused-ring (bicyclic) bond motifs is 1. The summed E-state index contributed by atoms with van der Waals surface area (Å²) < 4.78 is 0. The number of carbonyl (C=O) groups excluding carboxylic acids is 3. The highest BCUT2D eigenvalue weighted by Gasteiger charge is 2.28. The predicted octanol–water partition coefficient (Wildman–Crippen LogP) is 0.383. The van der Waals surface area contributed by atoms with Crippen molar-refractivity contribution in [3.05, 3.63) is 36.0 Å². The van der Waals surface area contributed by atoms with Crippen molar-refractivity contribution in [3.8, 4) is 0 Å². The van der Waals surface area contributed by atoms with Gasteiger partial charge in [-0.1, -0.05) is 38.5 Å². The van der Waals surface area contributed by atoms with Crippen LogP contribution in [0.5, 0.6) is 0 Å². The van der Waals surface area contributed by atoms with Crippen molar-refractivity contribution < 1.29 is 24.3 Å². The lowest BCUT2D eigenvalue weighted by molar-refractivity contribution is -0.142. The molecule has 0 aliphatic heterocycles. The fourth-order valence-electron chi connectivity index (χ4n) is 3.88. The summed E-state index contributed by atoms with van der Waals surface area (Å²) in [6.07, 6.45) is 4.02. The molecule has 0 saturated carbocycles. The molecule has 36 heavy (non-hydrogen) atoms. The Balaban J connectivity index is 2.10. The van der Waals surface area contributed by atoms with Crippen LogP contribution in [0.15, 0.2) is 30.5 Å². The van der Waals surface area contributed by atoms with Gasteiger partial charge in [0.2, 0.25) is 17.7 Å². The first kappa shape index (κ1) is 28.8. The summed E-state index contributed by atoms with van der Waals surface area (Å²) in [5.74, 6) is -2.79. The van der Waals surface area contributed by atoms with Gasteiger partial charge in [0.1, 0.15) is 12.1 Å². The maximum absolute atomic E-state index is 13.1. The maximum Gasteiger partial charge on any atom is 0.326 e. The fraction of sp³-hybridized carbons (Fsp3) is 0.520. The van der Waals surface area contributed by atoms with Gasteiger partial charge >= 0.3 is 5.97 Å². The van der Waals surface area contributed by atoms with Crippen LogP contribution in [0.3, 0.4) is 0 Å². The molecule has 0 fully saturated rings. The first-order valence-electron chi connectivity index (χ1n) is 12.2. The summed E-state index contributed by atoms with van der Waals surface area (Å²) in [4.78, 5) is 52.7. The number of carboxylic acid groups (broad SMARTS) is 1. The van der Waals surface area contributed by atoms with E-state index in [2.05, 4.69) is 20.9 Å². The summed E-state index contributed by atoms with van der Waals surface area (Å²) in [5, 5.41) is 18.1. The Morgan fingerprint density at radius 1 is 1.03 bits per heavy atom. The van der Waals surface area contributed by atoms with Crippen molar-refractivity contribution in [2.45, 2.75) is 64.1 Å². The number of hydrogen-bond donors (Lipinski definition) is 7. The second-order valence-corrected chi connectivity index (χ2v) is 9.32. The number of nitrogens with one attached hydrogen (secondary N) is 4. The van der Waals surface area contributed by atoms with Gasteiger partial charge in [-0.25, -0.2) is 4.79 Å². The van der Waals surface area contributed by atoms with Gasteiger partial charge in [0.25, 0.3) is 0 Å². The Hall–Kier alpha value is -3.44. The molecule has 11 nitrogen and oxygen atoms in total. The largest absolute Gasteiger partial charge is 0.480 e. The molecule has 9 N–H and O–H groups in total. The van der Waals surface area contributed by atoms with E-state index >= 15 is 0 Å². The van der Waals surface area contributed by atoms with Crippen LogP contribution in [0.4, 0.5) is 0 Å². The second-order valence-electron chi connectivity index (χ2n) is 9.32. The molecule has 0 saturated heterocycles. The second kappa shape index (κ2) is 14.2. The summed E-state index contributed by atoms with van der Waals surface area (Å²) in [6.45, 7) is 3.86. The highest BCUT2D eigenvalue weighted by Crippen LogP contribution is 2.19. The van der Waals surface area contributed by atoms with Crippen LogP contribution in [0, 0.1) is 5.92 Å². The number of para-hydroxylation sites is 1. The molecular formula is C25H38N6O5. The van der Waals surface area contributed by atoms with Gasteiger partial charge in [0.05, 0.1) is 12.6 Å². The SMILES string of the molecule is CC(C)CC(NC(=O)C(Cc1c[nH]c2ccccc12)NC(=O)CNC(=O)C(N)CCCCN)C(=O)O. The van der Waals surface area contributed by atoms with E-state index in [0.29, 0.717) is 19.4 Å². The number of unbranched alkanes of at least 4 members (excludes halogenated alkanes) is 1. The van der Waals surface area contributed by atoms with Crippen LogP contribution in [0.1, 0.15) is 45.1 Å². The van der Waals surface area contributed by atoms with E-state index in [1.807, 2.05) is 38.1 Å². The molecular weight excluding hydrogens is 464 g/mol. The molecule has 0 aliphatic carbocycles. The average Bonchev–Trinajstić information content (AvgIpc) is 3.24. The van der Waals surface area contributed by atoms with Crippen LogP contribution in [-0.4, -0.2) is 65.0 Å². The monoisotopic (exact) mass is 502 g/mol.